The van der Waals surface area contributed by atoms with Crippen molar-refractivity contribution >= 4 is 37.9 Å². The smallest absolute Gasteiger partial charge is 0.329 e. The second-order valence-electron chi connectivity index (χ2n) is 8.48. The van der Waals surface area contributed by atoms with Gasteiger partial charge >= 0.3 is 5.69 Å². The summed E-state index contributed by atoms with van der Waals surface area (Å²) in [6.07, 6.45) is 6.53. The number of nitrogens with zero attached hydrogens (tertiary/aromatic N) is 5. The minimum Gasteiger partial charge on any atom is -0.477 e. The van der Waals surface area contributed by atoms with Gasteiger partial charge in [-0.2, -0.15) is 4.98 Å². The molecule has 0 bridgehead atoms. The number of hydrogen-bond donors (Lipinski definition) is 0. The predicted octanol–water partition coefficient (Wildman–Crippen LogP) is 3.70. The fraction of sp³-hybridized carbons (Fsp3) is 0.391. The van der Waals surface area contributed by atoms with E-state index in [0.717, 1.165) is 52.3 Å². The van der Waals surface area contributed by atoms with Gasteiger partial charge in [-0.3, -0.25) is 14.1 Å². The van der Waals surface area contributed by atoms with E-state index in [1.807, 2.05) is 28.8 Å². The molecule has 6 rings (SSSR count). The van der Waals surface area contributed by atoms with Crippen LogP contribution in [0.4, 0.5) is 0 Å². The van der Waals surface area contributed by atoms with Gasteiger partial charge < -0.3 is 9.47 Å². The third-order valence-corrected chi connectivity index (χ3v) is 6.62. The molecule has 4 heterocycles. The third kappa shape index (κ3) is 3.59. The second kappa shape index (κ2) is 7.97. The second-order valence-corrected chi connectivity index (χ2v) is 9.40. The number of rotatable bonds is 6. The fourth-order valence-electron chi connectivity index (χ4n) is 4.32. The fourth-order valence-corrected chi connectivity index (χ4v) is 4.67. The van der Waals surface area contributed by atoms with Gasteiger partial charge in [-0.05, 0) is 43.5 Å². The Balaban J connectivity index is 1.41. The van der Waals surface area contributed by atoms with Crippen molar-refractivity contribution in [2.45, 2.75) is 31.8 Å². The largest absolute Gasteiger partial charge is 0.477 e. The van der Waals surface area contributed by atoms with Crippen LogP contribution in [0.3, 0.4) is 0 Å². The van der Waals surface area contributed by atoms with Gasteiger partial charge in [0, 0.05) is 29.2 Å². The molecule has 1 atom stereocenters. The lowest BCUT2D eigenvalue weighted by atomic mass is 10.1. The van der Waals surface area contributed by atoms with Crippen LogP contribution >= 0.6 is 15.9 Å². The number of ether oxygens (including phenoxy) is 2. The van der Waals surface area contributed by atoms with Gasteiger partial charge in [0.05, 0.1) is 47.9 Å². The molecular weight excluding hydrogens is 474 g/mol. The zero-order valence-electron chi connectivity index (χ0n) is 17.4. The molecule has 1 aromatic carbocycles. The topological polar surface area (TPSA) is 84.1 Å². The molecule has 1 unspecified atom stereocenters. The van der Waals surface area contributed by atoms with Crippen molar-refractivity contribution < 1.29 is 9.47 Å². The minimum absolute atomic E-state index is 0.0426. The van der Waals surface area contributed by atoms with Gasteiger partial charge in [0.15, 0.2) is 5.82 Å². The Morgan fingerprint density at radius 2 is 2.06 bits per heavy atom. The summed E-state index contributed by atoms with van der Waals surface area (Å²) in [5.74, 6) is 1.44. The Morgan fingerprint density at radius 3 is 2.88 bits per heavy atom. The first-order chi connectivity index (χ1) is 15.7. The zero-order valence-corrected chi connectivity index (χ0v) is 19.0. The van der Waals surface area contributed by atoms with Crippen LogP contribution in [0.2, 0.25) is 0 Å². The van der Waals surface area contributed by atoms with Crippen molar-refractivity contribution in [3.8, 4) is 5.88 Å². The predicted molar refractivity (Wildman–Crippen MR) is 123 cm³/mol. The molecule has 1 saturated carbocycles. The van der Waals surface area contributed by atoms with Crippen LogP contribution in [-0.4, -0.2) is 43.9 Å². The summed E-state index contributed by atoms with van der Waals surface area (Å²) < 4.78 is 16.1. The van der Waals surface area contributed by atoms with Gasteiger partial charge in [-0.25, -0.2) is 9.78 Å². The molecule has 9 heteroatoms. The lowest BCUT2D eigenvalue weighted by molar-refractivity contribution is 0.166. The maximum absolute atomic E-state index is 13.3. The van der Waals surface area contributed by atoms with E-state index in [0.29, 0.717) is 30.8 Å². The first-order valence-electron chi connectivity index (χ1n) is 10.9. The highest BCUT2D eigenvalue weighted by Gasteiger charge is 2.29. The normalized spacial score (nSPS) is 18.6. The Bertz CT molecular complexity index is 1370. The van der Waals surface area contributed by atoms with Crippen molar-refractivity contribution in [3.63, 3.8) is 0 Å². The monoisotopic (exact) mass is 495 g/mol. The van der Waals surface area contributed by atoms with E-state index in [-0.39, 0.29) is 18.3 Å². The number of halogens is 1. The molecule has 1 aliphatic heterocycles. The van der Waals surface area contributed by atoms with E-state index in [1.54, 1.807) is 17.0 Å². The standard InChI is InChI=1S/C23H22BrN5O3/c24-15-1-4-17-18(9-15)26-21(27-22(17)32-13-14-6-8-31-12-14)11-28-20-10-25-7-5-19(20)29(23(28)30)16-2-3-16/h1,4-5,7,9-10,14,16H,2-3,6,8,11-13H2. The quantitative estimate of drug-likeness (QED) is 0.405. The number of benzene rings is 1. The molecule has 4 aromatic rings. The van der Waals surface area contributed by atoms with Crippen LogP contribution in [0.5, 0.6) is 5.88 Å². The summed E-state index contributed by atoms with van der Waals surface area (Å²) in [4.78, 5) is 27.0. The SMILES string of the molecule is O=c1n(Cc2nc(OCC3CCOC3)c3ccc(Br)cc3n2)c2cnccc2n1C1CC1. The summed E-state index contributed by atoms with van der Waals surface area (Å²) in [5.41, 5.74) is 2.44. The summed E-state index contributed by atoms with van der Waals surface area (Å²) in [6, 6.07) is 8.04. The average molecular weight is 496 g/mol. The number of imidazole rings is 1. The first kappa shape index (κ1) is 19.9. The highest BCUT2D eigenvalue weighted by molar-refractivity contribution is 9.10. The van der Waals surface area contributed by atoms with Crippen molar-refractivity contribution in [2.24, 2.45) is 5.92 Å². The molecule has 0 N–H and O–H groups in total. The Hall–Kier alpha value is -2.78. The van der Waals surface area contributed by atoms with E-state index >= 15 is 0 Å². The molecule has 0 amide bonds. The van der Waals surface area contributed by atoms with Crippen LogP contribution in [0.25, 0.3) is 21.9 Å². The van der Waals surface area contributed by atoms with Crippen molar-refractivity contribution in [2.75, 3.05) is 19.8 Å². The van der Waals surface area contributed by atoms with Crippen molar-refractivity contribution in [3.05, 3.63) is 57.4 Å². The van der Waals surface area contributed by atoms with Crippen LogP contribution < -0.4 is 10.4 Å². The first-order valence-corrected chi connectivity index (χ1v) is 11.7. The number of fused-ring (bicyclic) bond motifs is 2. The van der Waals surface area contributed by atoms with Crippen molar-refractivity contribution in [1.82, 2.24) is 24.1 Å². The molecule has 1 saturated heterocycles. The summed E-state index contributed by atoms with van der Waals surface area (Å²) in [7, 11) is 0. The molecule has 0 radical (unpaired) electrons. The number of pyridine rings is 1. The average Bonchev–Trinajstić information content (AvgIpc) is 3.41. The third-order valence-electron chi connectivity index (χ3n) is 6.13. The lowest BCUT2D eigenvalue weighted by Crippen LogP contribution is -2.25. The minimum atomic E-state index is -0.0426. The molecule has 8 nitrogen and oxygen atoms in total. The van der Waals surface area contributed by atoms with E-state index in [1.165, 1.54) is 0 Å². The van der Waals surface area contributed by atoms with Gasteiger partial charge in [0.2, 0.25) is 5.88 Å². The van der Waals surface area contributed by atoms with Crippen LogP contribution in [-0.2, 0) is 11.3 Å². The summed E-state index contributed by atoms with van der Waals surface area (Å²) in [6.45, 7) is 2.29. The lowest BCUT2D eigenvalue weighted by Gasteiger charge is -2.13. The Labute approximate surface area is 192 Å². The van der Waals surface area contributed by atoms with Crippen LogP contribution in [0.1, 0.15) is 31.1 Å². The maximum Gasteiger partial charge on any atom is 0.329 e. The molecule has 2 fully saturated rings. The van der Waals surface area contributed by atoms with Gasteiger partial charge in [-0.1, -0.05) is 15.9 Å². The Morgan fingerprint density at radius 1 is 1.16 bits per heavy atom. The molecule has 2 aliphatic rings. The van der Waals surface area contributed by atoms with Crippen molar-refractivity contribution in [1.29, 1.82) is 0 Å². The maximum atomic E-state index is 13.3. The molecule has 1 aliphatic carbocycles. The van der Waals surface area contributed by atoms with Gasteiger partial charge in [-0.15, -0.1) is 0 Å². The number of hydrogen-bond acceptors (Lipinski definition) is 6. The highest BCUT2D eigenvalue weighted by atomic mass is 79.9. The van der Waals surface area contributed by atoms with Crippen LogP contribution in [0.15, 0.2) is 45.9 Å². The molecule has 0 spiro atoms. The Kier molecular flexibility index (Phi) is 4.95. The molecule has 32 heavy (non-hydrogen) atoms. The van der Waals surface area contributed by atoms with E-state index < -0.39 is 0 Å². The highest BCUT2D eigenvalue weighted by Crippen LogP contribution is 2.36. The molecular formula is C23H22BrN5O3. The van der Waals surface area contributed by atoms with Crippen LogP contribution in [0, 0.1) is 5.92 Å². The summed E-state index contributed by atoms with van der Waals surface area (Å²) >= 11 is 3.53. The number of aromatic nitrogens is 5. The molecule has 164 valence electrons. The van der Waals surface area contributed by atoms with E-state index in [9.17, 15) is 4.79 Å². The summed E-state index contributed by atoms with van der Waals surface area (Å²) in [5, 5.41) is 0.852. The zero-order chi connectivity index (χ0) is 21.7. The van der Waals surface area contributed by atoms with Gasteiger partial charge in [0.1, 0.15) is 0 Å². The molecule has 3 aromatic heterocycles. The van der Waals surface area contributed by atoms with E-state index in [4.69, 9.17) is 19.4 Å². The van der Waals surface area contributed by atoms with Gasteiger partial charge in [0.25, 0.3) is 0 Å². The van der Waals surface area contributed by atoms with E-state index in [2.05, 4.69) is 20.9 Å².